The number of carbonyl (C=O) groups is 2. The Hall–Kier alpha value is -2.70. The van der Waals surface area contributed by atoms with Crippen LogP contribution in [0.15, 0.2) is 30.4 Å². The van der Waals surface area contributed by atoms with Gasteiger partial charge in [0.2, 0.25) is 0 Å². The third-order valence-electron chi connectivity index (χ3n) is 2.08. The van der Waals surface area contributed by atoms with Crippen molar-refractivity contribution in [3.63, 3.8) is 0 Å². The lowest BCUT2D eigenvalue weighted by atomic mass is 10.1. The van der Waals surface area contributed by atoms with Crippen LogP contribution >= 0.6 is 0 Å². The monoisotopic (exact) mass is 250 g/mol. The summed E-state index contributed by atoms with van der Waals surface area (Å²) < 4.78 is 0. The first-order chi connectivity index (χ1) is 8.32. The van der Waals surface area contributed by atoms with Crippen LogP contribution in [0.2, 0.25) is 0 Å². The zero-order valence-corrected chi connectivity index (χ0v) is 9.47. The van der Waals surface area contributed by atoms with Gasteiger partial charge in [-0.25, -0.2) is 4.79 Å². The number of amides is 1. The number of carboxylic acid groups (broad SMARTS) is 1. The first-order valence-corrected chi connectivity index (χ1v) is 4.81. The lowest BCUT2D eigenvalue weighted by Gasteiger charge is -2.06. The highest BCUT2D eigenvalue weighted by atomic mass is 16.6. The fourth-order valence-electron chi connectivity index (χ4n) is 1.15. The van der Waals surface area contributed by atoms with Crippen molar-refractivity contribution in [1.82, 2.24) is 0 Å². The number of anilines is 1. The molecule has 7 heteroatoms. The Kier molecular flexibility index (Phi) is 3.78. The molecule has 0 heterocycles. The minimum absolute atomic E-state index is 0.0713. The van der Waals surface area contributed by atoms with E-state index in [-0.39, 0.29) is 16.8 Å². The SMILES string of the molecule is C=C(C)C(=O)Nc1ccc(C(=O)O)cc1[N+](=O)[O-]. The van der Waals surface area contributed by atoms with E-state index in [0.29, 0.717) is 0 Å². The summed E-state index contributed by atoms with van der Waals surface area (Å²) in [7, 11) is 0. The highest BCUT2D eigenvalue weighted by molar-refractivity contribution is 6.04. The zero-order valence-electron chi connectivity index (χ0n) is 9.47. The first kappa shape index (κ1) is 13.4. The topological polar surface area (TPSA) is 110 Å². The van der Waals surface area contributed by atoms with E-state index in [1.54, 1.807) is 0 Å². The standard InChI is InChI=1S/C11H10N2O5/c1-6(2)10(14)12-8-4-3-7(11(15)16)5-9(8)13(17)18/h3-5H,1H2,2H3,(H,12,14)(H,15,16). The lowest BCUT2D eigenvalue weighted by Crippen LogP contribution is -2.13. The predicted octanol–water partition coefficient (Wildman–Crippen LogP) is 1.81. The molecule has 0 fully saturated rings. The van der Waals surface area contributed by atoms with Crippen molar-refractivity contribution in [2.24, 2.45) is 0 Å². The molecule has 1 rings (SSSR count). The summed E-state index contributed by atoms with van der Waals surface area (Å²) >= 11 is 0. The number of carboxylic acids is 1. The third-order valence-corrected chi connectivity index (χ3v) is 2.08. The van der Waals surface area contributed by atoms with Crippen molar-refractivity contribution < 1.29 is 19.6 Å². The second-order valence-electron chi connectivity index (χ2n) is 3.53. The average molecular weight is 250 g/mol. The molecule has 0 spiro atoms. The van der Waals surface area contributed by atoms with Gasteiger partial charge in [-0.2, -0.15) is 0 Å². The van der Waals surface area contributed by atoms with Gasteiger partial charge in [-0.15, -0.1) is 0 Å². The number of hydrogen-bond acceptors (Lipinski definition) is 4. The van der Waals surface area contributed by atoms with Crippen LogP contribution in [0.3, 0.4) is 0 Å². The predicted molar refractivity (Wildman–Crippen MR) is 63.5 cm³/mol. The fraction of sp³-hybridized carbons (Fsp3) is 0.0909. The van der Waals surface area contributed by atoms with Crippen molar-refractivity contribution in [1.29, 1.82) is 0 Å². The van der Waals surface area contributed by atoms with E-state index in [1.165, 1.54) is 19.1 Å². The Morgan fingerprint density at radius 3 is 2.50 bits per heavy atom. The molecule has 0 radical (unpaired) electrons. The molecule has 1 aromatic carbocycles. The Balaban J connectivity index is 3.20. The Morgan fingerprint density at radius 2 is 2.06 bits per heavy atom. The molecule has 0 bridgehead atoms. The molecule has 0 saturated carbocycles. The molecule has 7 nitrogen and oxygen atoms in total. The molecule has 0 aliphatic heterocycles. The molecule has 0 unspecified atom stereocenters. The second-order valence-corrected chi connectivity index (χ2v) is 3.53. The van der Waals surface area contributed by atoms with Crippen LogP contribution in [0.25, 0.3) is 0 Å². The van der Waals surface area contributed by atoms with E-state index in [2.05, 4.69) is 11.9 Å². The third kappa shape index (κ3) is 2.91. The first-order valence-electron chi connectivity index (χ1n) is 4.81. The van der Waals surface area contributed by atoms with Crippen LogP contribution in [-0.4, -0.2) is 21.9 Å². The van der Waals surface area contributed by atoms with Gasteiger partial charge in [0, 0.05) is 11.6 Å². The molecule has 1 aromatic rings. The van der Waals surface area contributed by atoms with Crippen LogP contribution in [-0.2, 0) is 4.79 Å². The largest absolute Gasteiger partial charge is 0.478 e. The van der Waals surface area contributed by atoms with Gasteiger partial charge in [-0.05, 0) is 19.1 Å². The summed E-state index contributed by atoms with van der Waals surface area (Å²) in [4.78, 5) is 32.1. The van der Waals surface area contributed by atoms with Crippen LogP contribution in [0.1, 0.15) is 17.3 Å². The normalized spacial score (nSPS) is 9.61. The van der Waals surface area contributed by atoms with E-state index in [9.17, 15) is 19.7 Å². The summed E-state index contributed by atoms with van der Waals surface area (Å²) in [6.45, 7) is 4.85. The number of aromatic carboxylic acids is 1. The van der Waals surface area contributed by atoms with Gasteiger partial charge in [0.05, 0.1) is 10.5 Å². The van der Waals surface area contributed by atoms with E-state index in [0.717, 1.165) is 6.07 Å². The molecule has 0 atom stereocenters. The van der Waals surface area contributed by atoms with Gasteiger partial charge in [0.1, 0.15) is 5.69 Å². The highest BCUT2D eigenvalue weighted by Gasteiger charge is 2.18. The molecular formula is C11H10N2O5. The maximum absolute atomic E-state index is 11.4. The van der Waals surface area contributed by atoms with E-state index < -0.39 is 22.5 Å². The summed E-state index contributed by atoms with van der Waals surface area (Å²) in [6, 6.07) is 3.22. The number of nitro benzene ring substituents is 1. The number of nitro groups is 1. The van der Waals surface area contributed by atoms with Crippen LogP contribution in [0.4, 0.5) is 11.4 Å². The summed E-state index contributed by atoms with van der Waals surface area (Å²) in [5.74, 6) is -1.85. The summed E-state index contributed by atoms with van der Waals surface area (Å²) in [5, 5.41) is 21.8. The van der Waals surface area contributed by atoms with E-state index in [1.807, 2.05) is 0 Å². The highest BCUT2D eigenvalue weighted by Crippen LogP contribution is 2.25. The van der Waals surface area contributed by atoms with Crippen molar-refractivity contribution in [2.45, 2.75) is 6.92 Å². The Morgan fingerprint density at radius 1 is 1.44 bits per heavy atom. The van der Waals surface area contributed by atoms with Gasteiger partial charge in [0.15, 0.2) is 0 Å². The average Bonchev–Trinajstić information content (AvgIpc) is 2.28. The van der Waals surface area contributed by atoms with E-state index in [4.69, 9.17) is 5.11 Å². The number of benzene rings is 1. The van der Waals surface area contributed by atoms with Crippen LogP contribution < -0.4 is 5.32 Å². The number of nitrogens with zero attached hydrogens (tertiary/aromatic N) is 1. The molecular weight excluding hydrogens is 240 g/mol. The molecule has 1 amide bonds. The lowest BCUT2D eigenvalue weighted by molar-refractivity contribution is -0.384. The number of hydrogen-bond donors (Lipinski definition) is 2. The van der Waals surface area contributed by atoms with Gasteiger partial charge >= 0.3 is 5.97 Å². The summed E-state index contributed by atoms with van der Waals surface area (Å²) in [6.07, 6.45) is 0. The quantitative estimate of drug-likeness (QED) is 0.481. The second kappa shape index (κ2) is 5.09. The van der Waals surface area contributed by atoms with Crippen LogP contribution in [0, 0.1) is 10.1 Å². The number of carbonyl (C=O) groups excluding carboxylic acids is 1. The zero-order chi connectivity index (χ0) is 13.9. The molecule has 0 aliphatic carbocycles. The fourth-order valence-corrected chi connectivity index (χ4v) is 1.15. The Bertz CT molecular complexity index is 550. The molecule has 0 saturated heterocycles. The summed E-state index contributed by atoms with van der Waals surface area (Å²) in [5.41, 5.74) is -0.593. The number of rotatable bonds is 4. The van der Waals surface area contributed by atoms with Crippen molar-refractivity contribution in [3.8, 4) is 0 Å². The molecule has 18 heavy (non-hydrogen) atoms. The van der Waals surface area contributed by atoms with Crippen molar-refractivity contribution >= 4 is 23.3 Å². The van der Waals surface area contributed by atoms with E-state index >= 15 is 0 Å². The molecule has 0 aromatic heterocycles. The smallest absolute Gasteiger partial charge is 0.335 e. The van der Waals surface area contributed by atoms with Gasteiger partial charge in [-0.1, -0.05) is 6.58 Å². The molecule has 2 N–H and O–H groups in total. The minimum Gasteiger partial charge on any atom is -0.478 e. The van der Waals surface area contributed by atoms with Gasteiger partial charge < -0.3 is 10.4 Å². The molecule has 0 aliphatic rings. The maximum Gasteiger partial charge on any atom is 0.335 e. The van der Waals surface area contributed by atoms with Gasteiger partial charge in [0.25, 0.3) is 11.6 Å². The van der Waals surface area contributed by atoms with Crippen molar-refractivity contribution in [2.75, 3.05) is 5.32 Å². The molecule has 94 valence electrons. The number of nitrogens with one attached hydrogen (secondary N) is 1. The van der Waals surface area contributed by atoms with Gasteiger partial charge in [-0.3, -0.25) is 14.9 Å². The Labute approximate surface area is 102 Å². The maximum atomic E-state index is 11.4. The van der Waals surface area contributed by atoms with Crippen LogP contribution in [0.5, 0.6) is 0 Å². The van der Waals surface area contributed by atoms with Crippen molar-refractivity contribution in [3.05, 3.63) is 46.0 Å². The minimum atomic E-state index is -1.28.